The molecule has 0 spiro atoms. The van der Waals surface area contributed by atoms with Crippen LogP contribution in [0.2, 0.25) is 0 Å². The van der Waals surface area contributed by atoms with Gasteiger partial charge in [0.15, 0.2) is 11.6 Å². The lowest BCUT2D eigenvalue weighted by Crippen LogP contribution is -2.47. The van der Waals surface area contributed by atoms with Gasteiger partial charge in [0, 0.05) is 24.5 Å². The number of aryl methyl sites for hydroxylation is 1. The number of carbonyl (C=O) groups excluding carboxylic acids is 1. The lowest BCUT2D eigenvalue weighted by Gasteiger charge is -2.36. The van der Waals surface area contributed by atoms with Crippen molar-refractivity contribution in [3.63, 3.8) is 0 Å². The number of benzene rings is 1. The molecule has 1 aromatic carbocycles. The third kappa shape index (κ3) is 4.07. The summed E-state index contributed by atoms with van der Waals surface area (Å²) in [5, 5.41) is 5.81. The Labute approximate surface area is 146 Å². The van der Waals surface area contributed by atoms with Gasteiger partial charge in [0.05, 0.1) is 7.11 Å². The number of aromatic nitrogens is 1. The van der Waals surface area contributed by atoms with Gasteiger partial charge in [0.25, 0.3) is 0 Å². The Morgan fingerprint density at radius 2 is 2.16 bits per heavy atom. The summed E-state index contributed by atoms with van der Waals surface area (Å²) in [6.45, 7) is 2.37. The Bertz CT molecular complexity index is 760. The molecule has 5 nitrogen and oxygen atoms in total. The molecule has 0 radical (unpaired) electrons. The molecule has 1 aliphatic carbocycles. The summed E-state index contributed by atoms with van der Waals surface area (Å²) >= 11 is 0. The number of urea groups is 1. The minimum Gasteiger partial charge on any atom is -0.494 e. The van der Waals surface area contributed by atoms with Crippen molar-refractivity contribution in [1.29, 1.82) is 0 Å². The predicted molar refractivity (Wildman–Crippen MR) is 93.1 cm³/mol. The van der Waals surface area contributed by atoms with Crippen molar-refractivity contribution >= 4 is 6.03 Å². The fourth-order valence-corrected chi connectivity index (χ4v) is 3.06. The van der Waals surface area contributed by atoms with E-state index in [9.17, 15) is 9.18 Å². The zero-order chi connectivity index (χ0) is 17.8. The number of pyridine rings is 1. The Kier molecular flexibility index (Phi) is 5.16. The van der Waals surface area contributed by atoms with Gasteiger partial charge in [-0.2, -0.15) is 0 Å². The van der Waals surface area contributed by atoms with Crippen LogP contribution in [0.1, 0.15) is 35.6 Å². The van der Waals surface area contributed by atoms with Crippen molar-refractivity contribution in [2.45, 2.75) is 38.3 Å². The highest BCUT2D eigenvalue weighted by Gasteiger charge is 2.31. The average molecular weight is 343 g/mol. The van der Waals surface area contributed by atoms with E-state index in [0.717, 1.165) is 29.7 Å². The smallest absolute Gasteiger partial charge is 0.315 e. The predicted octanol–water partition coefficient (Wildman–Crippen LogP) is 3.28. The zero-order valence-corrected chi connectivity index (χ0v) is 14.4. The summed E-state index contributed by atoms with van der Waals surface area (Å²) in [6, 6.07) is 8.78. The zero-order valence-electron chi connectivity index (χ0n) is 14.4. The van der Waals surface area contributed by atoms with Gasteiger partial charge >= 0.3 is 6.03 Å². The van der Waals surface area contributed by atoms with Crippen LogP contribution in [0.15, 0.2) is 36.5 Å². The van der Waals surface area contributed by atoms with E-state index >= 15 is 0 Å². The molecule has 0 unspecified atom stereocenters. The van der Waals surface area contributed by atoms with Gasteiger partial charge < -0.3 is 15.4 Å². The topological polar surface area (TPSA) is 63.2 Å². The quantitative estimate of drug-likeness (QED) is 0.876. The highest BCUT2D eigenvalue weighted by molar-refractivity contribution is 5.74. The molecule has 132 valence electrons. The van der Waals surface area contributed by atoms with Crippen molar-refractivity contribution in [3.05, 3.63) is 59.2 Å². The summed E-state index contributed by atoms with van der Waals surface area (Å²) in [6.07, 6.45) is 3.35. The SMILES string of the molecule is COc1ccc(C2CC(NC(=O)NCc3cccnc3C)C2)cc1F. The maximum Gasteiger partial charge on any atom is 0.315 e. The number of nitrogens with zero attached hydrogens (tertiary/aromatic N) is 1. The molecule has 2 amide bonds. The number of hydrogen-bond donors (Lipinski definition) is 2. The van der Waals surface area contributed by atoms with Crippen LogP contribution < -0.4 is 15.4 Å². The second-order valence-electron chi connectivity index (χ2n) is 6.33. The fraction of sp³-hybridized carbons (Fsp3) is 0.368. The molecule has 1 heterocycles. The monoisotopic (exact) mass is 343 g/mol. The maximum atomic E-state index is 13.8. The number of hydrogen-bond acceptors (Lipinski definition) is 3. The first kappa shape index (κ1) is 17.2. The maximum absolute atomic E-state index is 13.8. The van der Waals surface area contributed by atoms with Crippen LogP contribution in [0.5, 0.6) is 5.75 Å². The van der Waals surface area contributed by atoms with Crippen LogP contribution in [0.4, 0.5) is 9.18 Å². The normalized spacial score (nSPS) is 19.0. The first-order valence-corrected chi connectivity index (χ1v) is 8.35. The molecule has 6 heteroatoms. The summed E-state index contributed by atoms with van der Waals surface area (Å²) in [4.78, 5) is 16.2. The summed E-state index contributed by atoms with van der Waals surface area (Å²) in [5.74, 6) is 0.176. The van der Waals surface area contributed by atoms with E-state index in [1.807, 2.05) is 25.1 Å². The molecule has 0 aliphatic heterocycles. The Morgan fingerprint density at radius 1 is 1.36 bits per heavy atom. The molecule has 0 atom stereocenters. The number of nitrogens with one attached hydrogen (secondary N) is 2. The van der Waals surface area contributed by atoms with E-state index in [2.05, 4.69) is 15.6 Å². The Balaban J connectivity index is 1.45. The van der Waals surface area contributed by atoms with E-state index in [1.54, 1.807) is 12.3 Å². The van der Waals surface area contributed by atoms with Crippen molar-refractivity contribution in [2.24, 2.45) is 0 Å². The standard InChI is InChI=1S/C19H22FN3O2/c1-12-14(4-3-7-21-12)11-22-19(24)23-16-8-15(9-16)13-5-6-18(25-2)17(20)10-13/h3-7,10,15-16H,8-9,11H2,1-2H3,(H2,22,23,24). The van der Waals surface area contributed by atoms with Gasteiger partial charge in [0.1, 0.15) is 0 Å². The molecule has 3 rings (SSSR count). The number of halogens is 1. The van der Waals surface area contributed by atoms with Gasteiger partial charge in [-0.1, -0.05) is 12.1 Å². The van der Waals surface area contributed by atoms with E-state index in [-0.39, 0.29) is 29.6 Å². The van der Waals surface area contributed by atoms with Crippen LogP contribution in [0.3, 0.4) is 0 Å². The molecule has 0 saturated heterocycles. The largest absolute Gasteiger partial charge is 0.494 e. The van der Waals surface area contributed by atoms with Crippen LogP contribution >= 0.6 is 0 Å². The minimum absolute atomic E-state index is 0.116. The number of amides is 2. The average Bonchev–Trinajstić information content (AvgIpc) is 2.57. The molecule has 1 saturated carbocycles. The van der Waals surface area contributed by atoms with Crippen LogP contribution in [0.25, 0.3) is 0 Å². The number of carbonyl (C=O) groups is 1. The van der Waals surface area contributed by atoms with Crippen LogP contribution in [0, 0.1) is 12.7 Å². The summed E-state index contributed by atoms with van der Waals surface area (Å²) in [7, 11) is 1.45. The molecule has 1 aliphatic rings. The second-order valence-corrected chi connectivity index (χ2v) is 6.33. The minimum atomic E-state index is -0.346. The molecule has 1 fully saturated rings. The van der Waals surface area contributed by atoms with E-state index in [1.165, 1.54) is 13.2 Å². The fourth-order valence-electron chi connectivity index (χ4n) is 3.06. The lowest BCUT2D eigenvalue weighted by atomic mass is 9.76. The van der Waals surface area contributed by atoms with Crippen LogP contribution in [-0.4, -0.2) is 24.2 Å². The van der Waals surface area contributed by atoms with Gasteiger partial charge in [0.2, 0.25) is 0 Å². The van der Waals surface area contributed by atoms with E-state index < -0.39 is 0 Å². The first-order chi connectivity index (χ1) is 12.1. The highest BCUT2D eigenvalue weighted by Crippen LogP contribution is 2.38. The summed E-state index contributed by atoms with van der Waals surface area (Å²) in [5.41, 5.74) is 2.86. The van der Waals surface area contributed by atoms with Crippen molar-refractivity contribution in [1.82, 2.24) is 15.6 Å². The third-order valence-corrected chi connectivity index (χ3v) is 4.68. The van der Waals surface area contributed by atoms with Gasteiger partial charge in [-0.3, -0.25) is 4.98 Å². The second kappa shape index (κ2) is 7.51. The van der Waals surface area contributed by atoms with E-state index in [0.29, 0.717) is 6.54 Å². The molecular weight excluding hydrogens is 321 g/mol. The number of ether oxygens (including phenoxy) is 1. The van der Waals surface area contributed by atoms with Gasteiger partial charge in [-0.25, -0.2) is 9.18 Å². The lowest BCUT2D eigenvalue weighted by molar-refractivity contribution is 0.222. The number of methoxy groups -OCH3 is 1. The van der Waals surface area contributed by atoms with Crippen molar-refractivity contribution < 1.29 is 13.9 Å². The molecule has 2 aromatic rings. The highest BCUT2D eigenvalue weighted by atomic mass is 19.1. The third-order valence-electron chi connectivity index (χ3n) is 4.68. The molecule has 2 N–H and O–H groups in total. The van der Waals surface area contributed by atoms with Crippen molar-refractivity contribution in [2.75, 3.05) is 7.11 Å². The molecule has 0 bridgehead atoms. The van der Waals surface area contributed by atoms with E-state index in [4.69, 9.17) is 4.74 Å². The molecule has 1 aromatic heterocycles. The first-order valence-electron chi connectivity index (χ1n) is 8.35. The van der Waals surface area contributed by atoms with Gasteiger partial charge in [-0.05, 0) is 55.0 Å². The Hall–Kier alpha value is -2.63. The number of rotatable bonds is 5. The van der Waals surface area contributed by atoms with Crippen molar-refractivity contribution in [3.8, 4) is 5.75 Å². The summed E-state index contributed by atoms with van der Waals surface area (Å²) < 4.78 is 18.7. The Morgan fingerprint density at radius 3 is 2.84 bits per heavy atom. The molecular formula is C19H22FN3O2. The van der Waals surface area contributed by atoms with Crippen LogP contribution in [-0.2, 0) is 6.54 Å². The van der Waals surface area contributed by atoms with Gasteiger partial charge in [-0.15, -0.1) is 0 Å². The molecule has 25 heavy (non-hydrogen) atoms.